The van der Waals surface area contributed by atoms with E-state index < -0.39 is 0 Å². The highest BCUT2D eigenvalue weighted by molar-refractivity contribution is 5.26. The Bertz CT molecular complexity index is 315. The lowest BCUT2D eigenvalue weighted by Gasteiger charge is -2.17. The number of nitrogens with zero attached hydrogens (tertiary/aromatic N) is 1. The summed E-state index contributed by atoms with van der Waals surface area (Å²) in [5, 5.41) is 3.25. The number of pyridine rings is 1. The molecule has 0 amide bonds. The van der Waals surface area contributed by atoms with Crippen molar-refractivity contribution in [3.05, 3.63) is 24.0 Å². The molecule has 0 aliphatic rings. The van der Waals surface area contributed by atoms with Gasteiger partial charge in [0.25, 0.3) is 0 Å². The van der Waals surface area contributed by atoms with Crippen LogP contribution in [0.2, 0.25) is 0 Å². The summed E-state index contributed by atoms with van der Waals surface area (Å²) in [4.78, 5) is 4.21. The van der Waals surface area contributed by atoms with Gasteiger partial charge in [0, 0.05) is 12.2 Å². The van der Waals surface area contributed by atoms with Crippen LogP contribution in [0, 0.1) is 0 Å². The van der Waals surface area contributed by atoms with E-state index in [2.05, 4.69) is 30.2 Å². The van der Waals surface area contributed by atoms with Gasteiger partial charge in [-0.1, -0.05) is 6.92 Å². The molecule has 0 bridgehead atoms. The molecule has 3 nitrogen and oxygen atoms in total. The van der Waals surface area contributed by atoms with E-state index in [-0.39, 0.29) is 0 Å². The van der Waals surface area contributed by atoms with E-state index in [1.54, 1.807) is 6.20 Å². The Morgan fingerprint density at radius 3 is 2.75 bits per heavy atom. The Labute approximate surface area is 98.2 Å². The summed E-state index contributed by atoms with van der Waals surface area (Å²) >= 11 is 0. The first-order valence-electron chi connectivity index (χ1n) is 5.92. The zero-order valence-corrected chi connectivity index (χ0v) is 10.7. The number of aromatic nitrogens is 1. The molecular formula is C13H22N2O. The Morgan fingerprint density at radius 1 is 1.38 bits per heavy atom. The van der Waals surface area contributed by atoms with Gasteiger partial charge in [-0.2, -0.15) is 0 Å². The molecule has 0 fully saturated rings. The molecule has 1 aromatic heterocycles. The largest absolute Gasteiger partial charge is 0.492 e. The molecule has 0 aromatic carbocycles. The van der Waals surface area contributed by atoms with Crippen molar-refractivity contribution >= 4 is 0 Å². The highest BCUT2D eigenvalue weighted by atomic mass is 16.5. The van der Waals surface area contributed by atoms with Crippen molar-refractivity contribution in [3.8, 4) is 5.75 Å². The lowest BCUT2D eigenvalue weighted by molar-refractivity contribution is 0.338. The molecule has 0 spiro atoms. The number of nitrogens with one attached hydrogen (secondary N) is 1. The average molecular weight is 222 g/mol. The number of ether oxygens (including phenoxy) is 1. The fraction of sp³-hybridized carbons (Fsp3) is 0.615. The normalized spacial score (nSPS) is 14.5. The summed E-state index contributed by atoms with van der Waals surface area (Å²) in [6.45, 7) is 7.09. The monoisotopic (exact) mass is 222 g/mol. The van der Waals surface area contributed by atoms with Gasteiger partial charge in [0.15, 0.2) is 0 Å². The molecule has 0 aliphatic carbocycles. The fourth-order valence-corrected chi connectivity index (χ4v) is 1.73. The van der Waals surface area contributed by atoms with Crippen molar-refractivity contribution in [1.29, 1.82) is 0 Å². The minimum atomic E-state index is 0.496. The topological polar surface area (TPSA) is 34.1 Å². The lowest BCUT2D eigenvalue weighted by atomic mass is 9.96. The van der Waals surface area contributed by atoms with E-state index in [1.807, 2.05) is 20.2 Å². The predicted molar refractivity (Wildman–Crippen MR) is 67.0 cm³/mol. The Balaban J connectivity index is 2.67. The smallest absolute Gasteiger partial charge is 0.137 e. The summed E-state index contributed by atoms with van der Waals surface area (Å²) in [6, 6.07) is 2.61. The molecule has 1 N–H and O–H groups in total. The molecule has 0 aliphatic heterocycles. The SMILES string of the molecule is CCOc1cncc(C(C)CC(C)NC)c1. The van der Waals surface area contributed by atoms with Gasteiger partial charge in [-0.3, -0.25) is 4.98 Å². The van der Waals surface area contributed by atoms with Crippen molar-refractivity contribution in [2.45, 2.75) is 39.2 Å². The van der Waals surface area contributed by atoms with Crippen molar-refractivity contribution in [2.24, 2.45) is 0 Å². The van der Waals surface area contributed by atoms with E-state index in [0.717, 1.165) is 12.2 Å². The number of hydrogen-bond donors (Lipinski definition) is 1. The molecule has 1 rings (SSSR count). The Kier molecular flexibility index (Phi) is 5.26. The van der Waals surface area contributed by atoms with Crippen LogP contribution in [-0.2, 0) is 0 Å². The molecule has 1 aromatic rings. The Morgan fingerprint density at radius 2 is 2.12 bits per heavy atom. The van der Waals surface area contributed by atoms with Crippen LogP contribution < -0.4 is 10.1 Å². The fourth-order valence-electron chi connectivity index (χ4n) is 1.73. The quantitative estimate of drug-likeness (QED) is 0.803. The van der Waals surface area contributed by atoms with Gasteiger partial charge in [-0.15, -0.1) is 0 Å². The first-order valence-corrected chi connectivity index (χ1v) is 5.92. The van der Waals surface area contributed by atoms with Gasteiger partial charge in [-0.05, 0) is 44.9 Å². The summed E-state index contributed by atoms with van der Waals surface area (Å²) in [5.74, 6) is 1.36. The van der Waals surface area contributed by atoms with Gasteiger partial charge >= 0.3 is 0 Å². The zero-order valence-electron chi connectivity index (χ0n) is 10.7. The van der Waals surface area contributed by atoms with Crippen LogP contribution in [0.15, 0.2) is 18.5 Å². The highest BCUT2D eigenvalue weighted by Crippen LogP contribution is 2.23. The number of hydrogen-bond acceptors (Lipinski definition) is 3. The van der Waals surface area contributed by atoms with E-state index in [4.69, 9.17) is 4.74 Å². The molecule has 0 saturated heterocycles. The maximum atomic E-state index is 5.45. The van der Waals surface area contributed by atoms with Crippen molar-refractivity contribution in [2.75, 3.05) is 13.7 Å². The number of rotatable bonds is 6. The lowest BCUT2D eigenvalue weighted by Crippen LogP contribution is -2.22. The van der Waals surface area contributed by atoms with E-state index in [9.17, 15) is 0 Å². The van der Waals surface area contributed by atoms with Crippen molar-refractivity contribution in [3.63, 3.8) is 0 Å². The average Bonchev–Trinajstić information content (AvgIpc) is 2.29. The van der Waals surface area contributed by atoms with Gasteiger partial charge in [-0.25, -0.2) is 0 Å². The molecule has 16 heavy (non-hydrogen) atoms. The molecular weight excluding hydrogens is 200 g/mol. The molecule has 3 heteroatoms. The summed E-state index contributed by atoms with van der Waals surface area (Å²) in [6.07, 6.45) is 4.80. The van der Waals surface area contributed by atoms with E-state index >= 15 is 0 Å². The second kappa shape index (κ2) is 6.48. The standard InChI is InChI=1S/C13H22N2O/c1-5-16-13-7-12(8-15-9-13)10(2)6-11(3)14-4/h7-11,14H,5-6H2,1-4H3. The second-order valence-electron chi connectivity index (χ2n) is 4.21. The minimum Gasteiger partial charge on any atom is -0.492 e. The third-order valence-corrected chi connectivity index (χ3v) is 2.81. The van der Waals surface area contributed by atoms with Crippen LogP contribution in [0.1, 0.15) is 38.7 Å². The first kappa shape index (κ1) is 13.0. The molecule has 90 valence electrons. The van der Waals surface area contributed by atoms with Gasteiger partial charge in [0.2, 0.25) is 0 Å². The molecule has 2 unspecified atom stereocenters. The van der Waals surface area contributed by atoms with Crippen LogP contribution >= 0.6 is 0 Å². The van der Waals surface area contributed by atoms with E-state index in [0.29, 0.717) is 18.6 Å². The van der Waals surface area contributed by atoms with Crippen molar-refractivity contribution in [1.82, 2.24) is 10.3 Å². The summed E-state index contributed by atoms with van der Waals surface area (Å²) in [7, 11) is 1.99. The highest BCUT2D eigenvalue weighted by Gasteiger charge is 2.10. The van der Waals surface area contributed by atoms with Gasteiger partial charge in [0.1, 0.15) is 5.75 Å². The summed E-state index contributed by atoms with van der Waals surface area (Å²) < 4.78 is 5.45. The zero-order chi connectivity index (χ0) is 12.0. The van der Waals surface area contributed by atoms with E-state index in [1.165, 1.54) is 5.56 Å². The maximum absolute atomic E-state index is 5.45. The van der Waals surface area contributed by atoms with Crippen LogP contribution in [0.3, 0.4) is 0 Å². The second-order valence-corrected chi connectivity index (χ2v) is 4.21. The first-order chi connectivity index (χ1) is 7.67. The maximum Gasteiger partial charge on any atom is 0.137 e. The van der Waals surface area contributed by atoms with Crippen molar-refractivity contribution < 1.29 is 4.74 Å². The molecule has 1 heterocycles. The molecule has 2 atom stereocenters. The van der Waals surface area contributed by atoms with Gasteiger partial charge in [0.05, 0.1) is 12.8 Å². The van der Waals surface area contributed by atoms with Gasteiger partial charge < -0.3 is 10.1 Å². The minimum absolute atomic E-state index is 0.496. The van der Waals surface area contributed by atoms with Crippen LogP contribution in [0.4, 0.5) is 0 Å². The predicted octanol–water partition coefficient (Wildman–Crippen LogP) is 2.58. The Hall–Kier alpha value is -1.09. The molecule has 0 saturated carbocycles. The summed E-state index contributed by atoms with van der Waals surface area (Å²) in [5.41, 5.74) is 1.24. The van der Waals surface area contributed by atoms with Crippen LogP contribution in [0.5, 0.6) is 5.75 Å². The molecule has 0 radical (unpaired) electrons. The van der Waals surface area contributed by atoms with Crippen LogP contribution in [-0.4, -0.2) is 24.7 Å². The third kappa shape index (κ3) is 3.81. The van der Waals surface area contributed by atoms with Crippen LogP contribution in [0.25, 0.3) is 0 Å². The third-order valence-electron chi connectivity index (χ3n) is 2.81.